The first kappa shape index (κ1) is 16.5. The van der Waals surface area contributed by atoms with Crippen molar-refractivity contribution in [3.05, 3.63) is 29.3 Å². The number of hydrogen-bond donors (Lipinski definition) is 2. The largest absolute Gasteiger partial charge is 0.392 e. The summed E-state index contributed by atoms with van der Waals surface area (Å²) in [6, 6.07) is 5.04. The molecular weight excluding hydrogens is 286 g/mol. The van der Waals surface area contributed by atoms with Gasteiger partial charge in [0.2, 0.25) is 10.0 Å². The number of aryl methyl sites for hydroxylation is 1. The van der Waals surface area contributed by atoms with Gasteiger partial charge in [-0.3, -0.25) is 0 Å². The number of rotatable bonds is 5. The Morgan fingerprint density at radius 2 is 1.90 bits per heavy atom. The van der Waals surface area contributed by atoms with Gasteiger partial charge in [-0.25, -0.2) is 13.1 Å². The van der Waals surface area contributed by atoms with E-state index in [-0.39, 0.29) is 16.9 Å². The van der Waals surface area contributed by atoms with Gasteiger partial charge in [0.15, 0.2) is 0 Å². The summed E-state index contributed by atoms with van der Waals surface area (Å²) in [5.74, 6) is 0. The van der Waals surface area contributed by atoms with E-state index in [9.17, 15) is 13.5 Å². The normalized spacial score (nSPS) is 18.6. The van der Waals surface area contributed by atoms with Gasteiger partial charge in [-0.05, 0) is 42.4 Å². The minimum atomic E-state index is -3.52. The summed E-state index contributed by atoms with van der Waals surface area (Å²) >= 11 is 0. The van der Waals surface area contributed by atoms with E-state index in [1.54, 1.807) is 25.1 Å². The van der Waals surface area contributed by atoms with Crippen LogP contribution in [0.5, 0.6) is 0 Å². The summed E-state index contributed by atoms with van der Waals surface area (Å²) < 4.78 is 27.8. The molecule has 2 rings (SSSR count). The summed E-state index contributed by atoms with van der Waals surface area (Å²) in [5.41, 5.74) is 1.38. The number of aliphatic hydroxyl groups excluding tert-OH is 1. The van der Waals surface area contributed by atoms with E-state index in [0.717, 1.165) is 12.8 Å². The molecule has 1 aromatic carbocycles. The second-order valence-corrected chi connectivity index (χ2v) is 8.19. The molecule has 0 radical (unpaired) electrons. The van der Waals surface area contributed by atoms with Crippen LogP contribution < -0.4 is 4.72 Å². The molecule has 1 saturated carbocycles. The van der Waals surface area contributed by atoms with Gasteiger partial charge in [0, 0.05) is 6.54 Å². The second kappa shape index (κ2) is 6.46. The third-order valence-corrected chi connectivity index (χ3v) is 6.02. The van der Waals surface area contributed by atoms with E-state index >= 15 is 0 Å². The zero-order chi connectivity index (χ0) is 15.5. The molecule has 118 valence electrons. The van der Waals surface area contributed by atoms with Gasteiger partial charge in [0.05, 0.1) is 11.5 Å². The van der Waals surface area contributed by atoms with E-state index in [0.29, 0.717) is 17.7 Å². The molecule has 0 aromatic heterocycles. The molecule has 1 aliphatic carbocycles. The zero-order valence-corrected chi connectivity index (χ0v) is 13.7. The summed E-state index contributed by atoms with van der Waals surface area (Å²) in [6.07, 6.45) is 5.75. The fourth-order valence-corrected chi connectivity index (χ4v) is 4.45. The van der Waals surface area contributed by atoms with Gasteiger partial charge >= 0.3 is 0 Å². The van der Waals surface area contributed by atoms with Gasteiger partial charge in [0.1, 0.15) is 0 Å². The van der Waals surface area contributed by atoms with Crippen LogP contribution in [0.15, 0.2) is 23.1 Å². The second-order valence-electron chi connectivity index (χ2n) is 6.45. The quantitative estimate of drug-likeness (QED) is 0.878. The van der Waals surface area contributed by atoms with Crippen molar-refractivity contribution in [1.82, 2.24) is 4.72 Å². The minimum absolute atomic E-state index is 0.0633. The Morgan fingerprint density at radius 1 is 1.24 bits per heavy atom. The molecule has 21 heavy (non-hydrogen) atoms. The highest BCUT2D eigenvalue weighted by Gasteiger charge is 2.29. The highest BCUT2D eigenvalue weighted by atomic mass is 32.2. The van der Waals surface area contributed by atoms with Crippen LogP contribution in [0.2, 0.25) is 0 Å². The Hall–Kier alpha value is -0.910. The Bertz CT molecular complexity index is 590. The lowest BCUT2D eigenvalue weighted by atomic mass is 9.76. The van der Waals surface area contributed by atoms with Gasteiger partial charge < -0.3 is 5.11 Å². The molecule has 0 bridgehead atoms. The molecule has 0 heterocycles. The van der Waals surface area contributed by atoms with Gasteiger partial charge in [-0.1, -0.05) is 38.3 Å². The van der Waals surface area contributed by atoms with Crippen LogP contribution in [0.1, 0.15) is 50.2 Å². The highest BCUT2D eigenvalue weighted by molar-refractivity contribution is 7.89. The van der Waals surface area contributed by atoms with Crippen molar-refractivity contribution in [2.24, 2.45) is 5.41 Å². The summed E-state index contributed by atoms with van der Waals surface area (Å²) in [6.45, 7) is 4.27. The van der Waals surface area contributed by atoms with Crippen molar-refractivity contribution in [3.63, 3.8) is 0 Å². The maximum absolute atomic E-state index is 12.5. The molecule has 1 aliphatic rings. The third kappa shape index (κ3) is 4.05. The molecular formula is C16H25NO3S. The first-order valence-corrected chi connectivity index (χ1v) is 9.05. The van der Waals surface area contributed by atoms with Crippen LogP contribution in [-0.4, -0.2) is 20.1 Å². The van der Waals surface area contributed by atoms with Crippen LogP contribution >= 0.6 is 0 Å². The van der Waals surface area contributed by atoms with Crippen molar-refractivity contribution >= 4 is 10.0 Å². The predicted molar refractivity (Wildman–Crippen MR) is 83.5 cm³/mol. The number of aliphatic hydroxyl groups is 1. The van der Waals surface area contributed by atoms with E-state index in [1.807, 2.05) is 0 Å². The Morgan fingerprint density at radius 3 is 2.52 bits per heavy atom. The van der Waals surface area contributed by atoms with Crippen molar-refractivity contribution in [1.29, 1.82) is 0 Å². The highest BCUT2D eigenvalue weighted by Crippen LogP contribution is 2.35. The molecule has 5 heteroatoms. The van der Waals surface area contributed by atoms with E-state index in [1.165, 1.54) is 19.3 Å². The molecule has 0 amide bonds. The first-order valence-electron chi connectivity index (χ1n) is 7.56. The lowest BCUT2D eigenvalue weighted by Gasteiger charge is -2.33. The number of nitrogens with one attached hydrogen (secondary N) is 1. The molecule has 4 nitrogen and oxygen atoms in total. The molecule has 0 unspecified atom stereocenters. The maximum Gasteiger partial charge on any atom is 0.240 e. The first-order chi connectivity index (χ1) is 9.86. The summed E-state index contributed by atoms with van der Waals surface area (Å²) in [4.78, 5) is 0.272. The van der Waals surface area contributed by atoms with Crippen molar-refractivity contribution in [2.45, 2.75) is 57.5 Å². The van der Waals surface area contributed by atoms with E-state index < -0.39 is 10.0 Å². The van der Waals surface area contributed by atoms with Gasteiger partial charge in [0.25, 0.3) is 0 Å². The lowest BCUT2D eigenvalue weighted by molar-refractivity contribution is 0.219. The predicted octanol–water partition coefficient (Wildman–Crippen LogP) is 2.74. The monoisotopic (exact) mass is 311 g/mol. The Balaban J connectivity index is 2.15. The summed E-state index contributed by atoms with van der Waals surface area (Å²) in [5, 5.41) is 9.18. The standard InChI is InChI=1S/C16H25NO3S/c1-13-6-7-14(11-18)10-15(13)21(19,20)17-12-16(2)8-4-3-5-9-16/h6-7,10,17-18H,3-5,8-9,11-12H2,1-2H3. The fourth-order valence-electron chi connectivity index (χ4n) is 2.96. The third-order valence-electron chi connectivity index (χ3n) is 4.47. The molecule has 0 atom stereocenters. The Kier molecular flexibility index (Phi) is 5.07. The SMILES string of the molecule is Cc1ccc(CO)cc1S(=O)(=O)NCC1(C)CCCCC1. The molecule has 1 aromatic rings. The smallest absolute Gasteiger partial charge is 0.240 e. The van der Waals surface area contributed by atoms with Crippen LogP contribution in [0, 0.1) is 12.3 Å². The molecule has 0 saturated heterocycles. The molecule has 1 fully saturated rings. The zero-order valence-electron chi connectivity index (χ0n) is 12.9. The topological polar surface area (TPSA) is 66.4 Å². The molecule has 2 N–H and O–H groups in total. The number of benzene rings is 1. The average molecular weight is 311 g/mol. The van der Waals surface area contributed by atoms with Gasteiger partial charge in [-0.15, -0.1) is 0 Å². The van der Waals surface area contributed by atoms with Crippen LogP contribution in [-0.2, 0) is 16.6 Å². The fraction of sp³-hybridized carbons (Fsp3) is 0.625. The number of sulfonamides is 1. The Labute approximate surface area is 127 Å². The van der Waals surface area contributed by atoms with Gasteiger partial charge in [-0.2, -0.15) is 0 Å². The van der Waals surface area contributed by atoms with Crippen molar-refractivity contribution < 1.29 is 13.5 Å². The lowest BCUT2D eigenvalue weighted by Crippen LogP contribution is -2.37. The number of hydrogen-bond acceptors (Lipinski definition) is 3. The van der Waals surface area contributed by atoms with Crippen molar-refractivity contribution in [2.75, 3.05) is 6.54 Å². The van der Waals surface area contributed by atoms with Crippen LogP contribution in [0.4, 0.5) is 0 Å². The van der Waals surface area contributed by atoms with Crippen LogP contribution in [0.3, 0.4) is 0 Å². The van der Waals surface area contributed by atoms with Crippen LogP contribution in [0.25, 0.3) is 0 Å². The molecule has 0 aliphatic heterocycles. The molecule has 0 spiro atoms. The average Bonchev–Trinajstić information content (AvgIpc) is 2.47. The summed E-state index contributed by atoms with van der Waals surface area (Å²) in [7, 11) is -3.52. The van der Waals surface area contributed by atoms with E-state index in [2.05, 4.69) is 11.6 Å². The minimum Gasteiger partial charge on any atom is -0.392 e. The van der Waals surface area contributed by atoms with Crippen molar-refractivity contribution in [3.8, 4) is 0 Å². The maximum atomic E-state index is 12.5. The van der Waals surface area contributed by atoms with E-state index in [4.69, 9.17) is 0 Å².